The molecule has 25 heavy (non-hydrogen) atoms. The summed E-state index contributed by atoms with van der Waals surface area (Å²) in [5, 5.41) is 12.1. The lowest BCUT2D eigenvalue weighted by molar-refractivity contribution is -0.141. The molecule has 2 N–H and O–H groups in total. The van der Waals surface area contributed by atoms with Gasteiger partial charge in [-0.25, -0.2) is 0 Å². The summed E-state index contributed by atoms with van der Waals surface area (Å²) in [6.45, 7) is 0.0486. The Balaban J connectivity index is 1.99. The first kappa shape index (κ1) is 18.9. The van der Waals surface area contributed by atoms with Gasteiger partial charge in [0.1, 0.15) is 0 Å². The number of hydrogen-bond acceptors (Lipinski definition) is 3. The van der Waals surface area contributed by atoms with Gasteiger partial charge in [0.15, 0.2) is 0 Å². The van der Waals surface area contributed by atoms with Gasteiger partial charge in [0.2, 0.25) is 0 Å². The van der Waals surface area contributed by atoms with Crippen LogP contribution in [0.1, 0.15) is 21.5 Å². The standard InChI is InChI=1S/C19H21NO4S/c1-25(24)13-15-8-5-9-16(11-15)18(21)20-12-17(19(22)23)10-14-6-3-2-4-7-14/h2-9,11,17H,10,12-13H2,1H3,(H,20,21)(H,22,23). The molecule has 0 aliphatic carbocycles. The summed E-state index contributed by atoms with van der Waals surface area (Å²) >= 11 is 0. The van der Waals surface area contributed by atoms with Crippen molar-refractivity contribution in [1.82, 2.24) is 5.32 Å². The van der Waals surface area contributed by atoms with E-state index < -0.39 is 22.7 Å². The lowest BCUT2D eigenvalue weighted by atomic mass is 9.99. The molecule has 0 fully saturated rings. The fourth-order valence-electron chi connectivity index (χ4n) is 2.50. The summed E-state index contributed by atoms with van der Waals surface area (Å²) in [5.74, 6) is -1.59. The molecule has 1 amide bonds. The molecule has 2 aromatic rings. The number of nitrogens with one attached hydrogen (secondary N) is 1. The normalized spacial score (nSPS) is 13.0. The van der Waals surface area contributed by atoms with Crippen molar-refractivity contribution in [2.24, 2.45) is 5.92 Å². The predicted octanol–water partition coefficient (Wildman–Crippen LogP) is 2.24. The number of amides is 1. The summed E-state index contributed by atoms with van der Waals surface area (Å²) in [4.78, 5) is 23.7. The van der Waals surface area contributed by atoms with Crippen LogP contribution in [-0.2, 0) is 27.8 Å². The SMILES string of the molecule is CS(=O)Cc1cccc(C(=O)NCC(Cc2ccccc2)C(=O)O)c1. The van der Waals surface area contributed by atoms with Gasteiger partial charge in [-0.05, 0) is 29.7 Å². The van der Waals surface area contributed by atoms with Gasteiger partial charge in [-0.15, -0.1) is 0 Å². The number of benzene rings is 2. The lowest BCUT2D eigenvalue weighted by Gasteiger charge is -2.14. The van der Waals surface area contributed by atoms with Crippen molar-refractivity contribution in [1.29, 1.82) is 0 Å². The quantitative estimate of drug-likeness (QED) is 0.757. The molecule has 0 heterocycles. The average molecular weight is 359 g/mol. The Labute approximate surface area is 149 Å². The highest BCUT2D eigenvalue weighted by molar-refractivity contribution is 7.83. The molecule has 0 saturated carbocycles. The molecular weight excluding hydrogens is 338 g/mol. The molecule has 2 atom stereocenters. The average Bonchev–Trinajstić information content (AvgIpc) is 2.58. The largest absolute Gasteiger partial charge is 0.481 e. The second kappa shape index (κ2) is 9.13. The molecule has 2 rings (SSSR count). The first-order valence-corrected chi connectivity index (χ1v) is 9.62. The predicted molar refractivity (Wildman–Crippen MR) is 97.8 cm³/mol. The van der Waals surface area contributed by atoms with Crippen molar-refractivity contribution in [2.75, 3.05) is 12.8 Å². The van der Waals surface area contributed by atoms with Gasteiger partial charge in [-0.3, -0.25) is 13.8 Å². The van der Waals surface area contributed by atoms with Crippen molar-refractivity contribution < 1.29 is 18.9 Å². The maximum Gasteiger partial charge on any atom is 0.308 e. The van der Waals surface area contributed by atoms with Crippen LogP contribution in [0.15, 0.2) is 54.6 Å². The third-order valence-corrected chi connectivity index (χ3v) is 4.48. The van der Waals surface area contributed by atoms with Crippen LogP contribution in [0.4, 0.5) is 0 Å². The number of carbonyl (C=O) groups excluding carboxylic acids is 1. The minimum absolute atomic E-state index is 0.0486. The number of carboxylic acid groups (broad SMARTS) is 1. The smallest absolute Gasteiger partial charge is 0.308 e. The molecule has 0 saturated heterocycles. The maximum absolute atomic E-state index is 12.3. The third kappa shape index (κ3) is 6.15. The molecule has 132 valence electrons. The fourth-order valence-corrected chi connectivity index (χ4v) is 3.15. The van der Waals surface area contributed by atoms with Crippen LogP contribution in [-0.4, -0.2) is 34.0 Å². The first-order chi connectivity index (χ1) is 12.0. The second-order valence-corrected chi connectivity index (χ2v) is 7.29. The molecule has 5 nitrogen and oxygen atoms in total. The van der Waals surface area contributed by atoms with E-state index in [1.165, 1.54) is 0 Å². The van der Waals surface area contributed by atoms with Gasteiger partial charge in [0, 0.05) is 34.9 Å². The Morgan fingerprint density at radius 1 is 1.08 bits per heavy atom. The number of hydrogen-bond donors (Lipinski definition) is 2. The summed E-state index contributed by atoms with van der Waals surface area (Å²) in [6, 6.07) is 16.2. The van der Waals surface area contributed by atoms with Crippen molar-refractivity contribution in [3.8, 4) is 0 Å². The first-order valence-electron chi connectivity index (χ1n) is 7.89. The van der Waals surface area contributed by atoms with Crippen molar-refractivity contribution >= 4 is 22.7 Å². The van der Waals surface area contributed by atoms with Crippen LogP contribution in [0.5, 0.6) is 0 Å². The molecule has 2 unspecified atom stereocenters. The Morgan fingerprint density at radius 3 is 2.40 bits per heavy atom. The highest BCUT2D eigenvalue weighted by atomic mass is 32.2. The molecule has 0 bridgehead atoms. The Kier molecular flexibility index (Phi) is 6.89. The number of carbonyl (C=O) groups is 2. The minimum atomic E-state index is -0.987. The van der Waals surface area contributed by atoms with Gasteiger partial charge >= 0.3 is 5.97 Å². The summed E-state index contributed by atoms with van der Waals surface area (Å²) in [5.41, 5.74) is 2.16. The molecule has 0 radical (unpaired) electrons. The molecule has 0 aromatic heterocycles. The topological polar surface area (TPSA) is 83.5 Å². The van der Waals surface area contributed by atoms with Crippen molar-refractivity contribution in [2.45, 2.75) is 12.2 Å². The molecule has 0 aliphatic heterocycles. The lowest BCUT2D eigenvalue weighted by Crippen LogP contribution is -2.34. The zero-order chi connectivity index (χ0) is 18.2. The fraction of sp³-hybridized carbons (Fsp3) is 0.263. The van der Waals surface area contributed by atoms with E-state index in [1.807, 2.05) is 36.4 Å². The number of rotatable bonds is 8. The van der Waals surface area contributed by atoms with Crippen LogP contribution in [0.3, 0.4) is 0 Å². The van der Waals surface area contributed by atoms with Gasteiger partial charge in [0.25, 0.3) is 5.91 Å². The summed E-state index contributed by atoms with van der Waals surface area (Å²) < 4.78 is 11.3. The van der Waals surface area contributed by atoms with Crippen LogP contribution in [0, 0.1) is 5.92 Å². The molecule has 2 aromatic carbocycles. The highest BCUT2D eigenvalue weighted by Crippen LogP contribution is 2.10. The van der Waals surface area contributed by atoms with Gasteiger partial charge < -0.3 is 10.4 Å². The second-order valence-electron chi connectivity index (χ2n) is 5.85. The Bertz CT molecular complexity index is 761. The number of carboxylic acids is 1. The highest BCUT2D eigenvalue weighted by Gasteiger charge is 2.19. The van der Waals surface area contributed by atoms with Gasteiger partial charge in [-0.2, -0.15) is 0 Å². The summed E-state index contributed by atoms with van der Waals surface area (Å²) in [6.07, 6.45) is 1.96. The van der Waals surface area contributed by atoms with Gasteiger partial charge in [-0.1, -0.05) is 42.5 Å². The Hall–Kier alpha value is -2.47. The van der Waals surface area contributed by atoms with E-state index in [9.17, 15) is 18.9 Å². The van der Waals surface area contributed by atoms with E-state index in [1.54, 1.807) is 24.5 Å². The monoisotopic (exact) mass is 359 g/mol. The van der Waals surface area contributed by atoms with Crippen molar-refractivity contribution in [3.05, 3.63) is 71.3 Å². The summed E-state index contributed by atoms with van der Waals surface area (Å²) in [7, 11) is -0.987. The van der Waals surface area contributed by atoms with E-state index in [0.717, 1.165) is 11.1 Å². The minimum Gasteiger partial charge on any atom is -0.481 e. The van der Waals surface area contributed by atoms with Crippen LogP contribution < -0.4 is 5.32 Å². The zero-order valence-corrected chi connectivity index (χ0v) is 14.8. The number of aliphatic carboxylic acids is 1. The van der Waals surface area contributed by atoms with E-state index >= 15 is 0 Å². The van der Waals surface area contributed by atoms with E-state index in [2.05, 4.69) is 5.32 Å². The van der Waals surface area contributed by atoms with Crippen LogP contribution in [0.25, 0.3) is 0 Å². The maximum atomic E-state index is 12.3. The third-order valence-electron chi connectivity index (χ3n) is 3.74. The van der Waals surface area contributed by atoms with Crippen molar-refractivity contribution in [3.63, 3.8) is 0 Å². The molecular formula is C19H21NO4S. The molecule has 6 heteroatoms. The van der Waals surface area contributed by atoms with Gasteiger partial charge in [0.05, 0.1) is 5.92 Å². The Morgan fingerprint density at radius 2 is 1.76 bits per heavy atom. The zero-order valence-electron chi connectivity index (χ0n) is 14.0. The van der Waals surface area contributed by atoms with E-state index in [0.29, 0.717) is 17.7 Å². The molecule has 0 spiro atoms. The van der Waals surface area contributed by atoms with Crippen LogP contribution >= 0.6 is 0 Å². The van der Waals surface area contributed by atoms with E-state index in [4.69, 9.17) is 0 Å². The van der Waals surface area contributed by atoms with Crippen LogP contribution in [0.2, 0.25) is 0 Å². The molecule has 0 aliphatic rings. The van der Waals surface area contributed by atoms with E-state index in [-0.39, 0.29) is 12.5 Å².